The monoisotopic (exact) mass is 551 g/mol. The van der Waals surface area contributed by atoms with Crippen molar-refractivity contribution < 1.29 is 28.9 Å². The summed E-state index contributed by atoms with van der Waals surface area (Å²) in [5, 5.41) is 23.7. The molecule has 4 heterocycles. The van der Waals surface area contributed by atoms with Crippen molar-refractivity contribution in [2.45, 2.75) is 44.2 Å². The lowest BCUT2D eigenvalue weighted by Gasteiger charge is -2.55. The summed E-state index contributed by atoms with van der Waals surface area (Å²) >= 11 is 0. The maximum atomic E-state index is 13.7. The van der Waals surface area contributed by atoms with Gasteiger partial charge in [0, 0.05) is 37.2 Å². The molecule has 0 unspecified atom stereocenters. The highest BCUT2D eigenvalue weighted by Gasteiger charge is 2.48. The Balaban J connectivity index is 1.40. The largest absolute Gasteiger partial charge is 0.505 e. The minimum Gasteiger partial charge on any atom is -0.505 e. The van der Waals surface area contributed by atoms with Crippen molar-refractivity contribution in [3.63, 3.8) is 0 Å². The molecular formula is C28H30FN5O6. The Hall–Kier alpha value is -3.90. The fourth-order valence-electron chi connectivity index (χ4n) is 6.06. The highest BCUT2D eigenvalue weighted by Crippen LogP contribution is 2.37. The minimum absolute atomic E-state index is 0.0768. The smallest absolute Gasteiger partial charge is 0.329 e. The molecule has 11 nitrogen and oxygen atoms in total. The Bertz CT molecular complexity index is 1540. The van der Waals surface area contributed by atoms with Crippen LogP contribution in [0.2, 0.25) is 0 Å². The number of likely N-dealkylation sites (tertiary alicyclic amines) is 1. The topological polar surface area (TPSA) is 147 Å². The van der Waals surface area contributed by atoms with Crippen molar-refractivity contribution in [2.24, 2.45) is 5.41 Å². The number of rotatable bonds is 7. The number of carbonyl (C=O) groups excluding carboxylic acids is 1. The maximum absolute atomic E-state index is 13.7. The molecule has 3 aromatic rings. The van der Waals surface area contributed by atoms with Crippen LogP contribution < -0.4 is 10.9 Å². The normalized spacial score (nSPS) is 19.6. The minimum atomic E-state index is -1.52. The van der Waals surface area contributed by atoms with E-state index in [1.54, 1.807) is 0 Å². The summed E-state index contributed by atoms with van der Waals surface area (Å²) in [6, 6.07) is 5.55. The SMILES string of the molecule is O=C(NC1(C(=O)O)CCCCC1)c1c(O)c2nc(-c3ccc(F)cc3)cnc2n(CCN2CC3(COC3)C2)c1=O. The third kappa shape index (κ3) is 4.50. The molecule has 2 aromatic heterocycles. The van der Waals surface area contributed by atoms with Gasteiger partial charge in [0.2, 0.25) is 0 Å². The fraction of sp³-hybridized carbons (Fsp3) is 0.464. The molecule has 40 heavy (non-hydrogen) atoms. The van der Waals surface area contributed by atoms with Crippen molar-refractivity contribution in [1.29, 1.82) is 0 Å². The number of hydrogen-bond acceptors (Lipinski definition) is 8. The summed E-state index contributed by atoms with van der Waals surface area (Å²) in [5.41, 5.74) is -1.83. The van der Waals surface area contributed by atoms with Crippen LogP contribution in [-0.4, -0.2) is 79.9 Å². The summed E-state index contributed by atoms with van der Waals surface area (Å²) in [4.78, 5) is 50.5. The van der Waals surface area contributed by atoms with Crippen molar-refractivity contribution in [2.75, 3.05) is 32.8 Å². The van der Waals surface area contributed by atoms with Crippen LogP contribution in [-0.2, 0) is 16.1 Å². The van der Waals surface area contributed by atoms with Crippen LogP contribution in [0, 0.1) is 11.2 Å². The molecule has 0 atom stereocenters. The van der Waals surface area contributed by atoms with Crippen LogP contribution in [0.4, 0.5) is 4.39 Å². The Morgan fingerprint density at radius 2 is 1.77 bits per heavy atom. The second-order valence-electron chi connectivity index (χ2n) is 11.2. The highest BCUT2D eigenvalue weighted by atomic mass is 19.1. The summed E-state index contributed by atoms with van der Waals surface area (Å²) in [6.07, 6.45) is 3.98. The van der Waals surface area contributed by atoms with Gasteiger partial charge in [-0.2, -0.15) is 0 Å². The third-order valence-corrected chi connectivity index (χ3v) is 8.34. The number of hydrogen-bond donors (Lipinski definition) is 3. The van der Waals surface area contributed by atoms with Gasteiger partial charge < -0.3 is 25.2 Å². The lowest BCUT2D eigenvalue weighted by atomic mass is 9.78. The molecule has 3 N–H and O–H groups in total. The van der Waals surface area contributed by atoms with Gasteiger partial charge in [-0.25, -0.2) is 19.2 Å². The number of carboxylic acid groups (broad SMARTS) is 1. The lowest BCUT2D eigenvalue weighted by molar-refractivity contribution is -0.189. The first kappa shape index (κ1) is 26.3. The maximum Gasteiger partial charge on any atom is 0.329 e. The molecule has 1 amide bonds. The van der Waals surface area contributed by atoms with Crippen molar-refractivity contribution in [1.82, 2.24) is 24.8 Å². The summed E-state index contributed by atoms with van der Waals surface area (Å²) in [6.45, 7) is 3.81. The number of nitrogens with zero attached hydrogens (tertiary/aromatic N) is 4. The summed E-state index contributed by atoms with van der Waals surface area (Å²) < 4.78 is 20.1. The van der Waals surface area contributed by atoms with Crippen molar-refractivity contribution >= 4 is 23.0 Å². The number of fused-ring (bicyclic) bond motifs is 1. The molecule has 2 saturated heterocycles. The first-order valence-electron chi connectivity index (χ1n) is 13.4. The van der Waals surface area contributed by atoms with Gasteiger partial charge in [0.15, 0.2) is 11.4 Å². The molecule has 3 fully saturated rings. The van der Waals surface area contributed by atoms with Gasteiger partial charge >= 0.3 is 5.97 Å². The van der Waals surface area contributed by atoms with Gasteiger partial charge in [-0.05, 0) is 37.1 Å². The molecule has 12 heteroatoms. The van der Waals surface area contributed by atoms with Gasteiger partial charge in [0.25, 0.3) is 11.5 Å². The predicted molar refractivity (Wildman–Crippen MR) is 141 cm³/mol. The zero-order chi connectivity index (χ0) is 28.1. The number of carbonyl (C=O) groups is 2. The highest BCUT2D eigenvalue weighted by molar-refractivity contribution is 6.03. The number of benzene rings is 1. The molecule has 1 saturated carbocycles. The van der Waals surface area contributed by atoms with Gasteiger partial charge in [0.05, 0.1) is 25.1 Å². The molecular weight excluding hydrogens is 521 g/mol. The van der Waals surface area contributed by atoms with E-state index >= 15 is 0 Å². The van der Waals surface area contributed by atoms with Gasteiger partial charge in [-0.15, -0.1) is 0 Å². The molecule has 1 aromatic carbocycles. The van der Waals surface area contributed by atoms with E-state index in [1.807, 2.05) is 0 Å². The first-order chi connectivity index (χ1) is 19.2. The van der Waals surface area contributed by atoms with Crippen LogP contribution in [0.15, 0.2) is 35.3 Å². The predicted octanol–water partition coefficient (Wildman–Crippen LogP) is 2.15. The van der Waals surface area contributed by atoms with Crippen LogP contribution >= 0.6 is 0 Å². The molecule has 210 valence electrons. The van der Waals surface area contributed by atoms with E-state index in [0.717, 1.165) is 32.7 Å². The van der Waals surface area contributed by atoms with Crippen molar-refractivity contribution in [3.8, 4) is 17.0 Å². The van der Waals surface area contributed by atoms with E-state index in [-0.39, 0.29) is 36.0 Å². The van der Waals surface area contributed by atoms with E-state index in [1.165, 1.54) is 35.0 Å². The molecule has 1 spiro atoms. The average Bonchev–Trinajstić information content (AvgIpc) is 2.89. The second-order valence-corrected chi connectivity index (χ2v) is 11.2. The molecule has 3 aliphatic rings. The number of halogens is 1. The van der Waals surface area contributed by atoms with Crippen LogP contribution in [0.25, 0.3) is 22.4 Å². The lowest BCUT2D eigenvalue weighted by Crippen LogP contribution is -2.66. The van der Waals surface area contributed by atoms with Crippen LogP contribution in [0.1, 0.15) is 42.5 Å². The number of aliphatic carboxylic acids is 1. The van der Waals surface area contributed by atoms with E-state index in [0.29, 0.717) is 30.6 Å². The van der Waals surface area contributed by atoms with Crippen LogP contribution in [0.5, 0.6) is 5.75 Å². The summed E-state index contributed by atoms with van der Waals surface area (Å²) in [7, 11) is 0. The Labute approximate surface area is 228 Å². The summed E-state index contributed by atoms with van der Waals surface area (Å²) in [5.74, 6) is -3.24. The quantitative estimate of drug-likeness (QED) is 0.402. The molecule has 0 bridgehead atoms. The van der Waals surface area contributed by atoms with E-state index in [4.69, 9.17) is 4.74 Å². The van der Waals surface area contributed by atoms with E-state index < -0.39 is 40.1 Å². The number of aromatic hydroxyl groups is 1. The van der Waals surface area contributed by atoms with Crippen molar-refractivity contribution in [3.05, 3.63) is 52.2 Å². The number of aromatic nitrogens is 3. The Morgan fingerprint density at radius 1 is 1.07 bits per heavy atom. The molecule has 2 aliphatic heterocycles. The second kappa shape index (κ2) is 9.93. The number of amides is 1. The van der Waals surface area contributed by atoms with E-state index in [2.05, 4.69) is 20.2 Å². The number of carboxylic acids is 1. The molecule has 1 aliphatic carbocycles. The zero-order valence-electron chi connectivity index (χ0n) is 21.9. The van der Waals surface area contributed by atoms with Gasteiger partial charge in [0.1, 0.15) is 22.4 Å². The average molecular weight is 552 g/mol. The third-order valence-electron chi connectivity index (χ3n) is 8.34. The molecule has 6 rings (SSSR count). The van der Waals surface area contributed by atoms with Gasteiger partial charge in [-0.3, -0.25) is 14.2 Å². The molecule has 0 radical (unpaired) electrons. The first-order valence-corrected chi connectivity index (χ1v) is 13.4. The van der Waals surface area contributed by atoms with Crippen LogP contribution in [0.3, 0.4) is 0 Å². The fourth-order valence-corrected chi connectivity index (χ4v) is 6.06. The Kier molecular flexibility index (Phi) is 6.54. The standard InChI is InChI=1S/C28H30FN5O6/c29-18-6-4-17(5-7-18)19-12-30-23-21(31-19)22(35)20(24(36)32-28(26(38)39)8-2-1-3-9-28)25(37)34(23)11-10-33-13-27(14-33)15-40-16-27/h4-7,12,35H,1-3,8-11,13-16H2,(H,32,36)(H,38,39). The van der Waals surface area contributed by atoms with E-state index in [9.17, 15) is 29.0 Å². The van der Waals surface area contributed by atoms with Gasteiger partial charge in [-0.1, -0.05) is 19.3 Å². The number of ether oxygens (including phenoxy) is 1. The zero-order valence-corrected chi connectivity index (χ0v) is 21.9. The number of pyridine rings is 1. The Morgan fingerprint density at radius 3 is 2.40 bits per heavy atom. The number of nitrogens with one attached hydrogen (secondary N) is 1.